The van der Waals surface area contributed by atoms with Crippen molar-refractivity contribution in [3.63, 3.8) is 0 Å². The van der Waals surface area contributed by atoms with E-state index >= 15 is 0 Å². The van der Waals surface area contributed by atoms with Crippen LogP contribution >= 0.6 is 0 Å². The minimum Gasteiger partial charge on any atom is -0.337 e. The molecule has 0 radical (unpaired) electrons. The van der Waals surface area contributed by atoms with Gasteiger partial charge in [-0.25, -0.2) is 4.79 Å². The molecule has 5 heteroatoms. The van der Waals surface area contributed by atoms with Gasteiger partial charge in [0.15, 0.2) is 0 Å². The first-order chi connectivity index (χ1) is 9.69. The van der Waals surface area contributed by atoms with Crippen molar-refractivity contribution >= 4 is 11.7 Å². The zero-order valence-electron chi connectivity index (χ0n) is 13.7. The average molecular weight is 292 g/mol. The molecule has 5 nitrogen and oxygen atoms in total. The Kier molecular flexibility index (Phi) is 6.18. The van der Waals surface area contributed by atoms with E-state index in [0.29, 0.717) is 6.54 Å². The van der Waals surface area contributed by atoms with Crippen molar-refractivity contribution in [2.24, 2.45) is 11.1 Å². The molecule has 0 fully saturated rings. The summed E-state index contributed by atoms with van der Waals surface area (Å²) in [4.78, 5) is 14.0. The molecule has 1 aromatic rings. The SMILES string of the molecule is CC(N)c1ccc(NC(=O)NCC(C)(C)CN(C)C)cc1. The Hall–Kier alpha value is -1.59. The molecule has 0 aromatic heterocycles. The minimum absolute atomic E-state index is 0.000269. The van der Waals surface area contributed by atoms with Crippen LogP contribution in [0.2, 0.25) is 0 Å². The molecule has 0 saturated heterocycles. The number of carbonyl (C=O) groups is 1. The highest BCUT2D eigenvalue weighted by Crippen LogP contribution is 2.15. The van der Waals surface area contributed by atoms with Gasteiger partial charge in [0, 0.05) is 24.8 Å². The van der Waals surface area contributed by atoms with Gasteiger partial charge in [0.2, 0.25) is 0 Å². The summed E-state index contributed by atoms with van der Waals surface area (Å²) in [5, 5.41) is 5.74. The lowest BCUT2D eigenvalue weighted by Gasteiger charge is -2.28. The second-order valence-electron chi connectivity index (χ2n) is 6.62. The van der Waals surface area contributed by atoms with E-state index in [0.717, 1.165) is 17.8 Å². The maximum atomic E-state index is 11.9. The molecule has 0 bridgehead atoms. The van der Waals surface area contributed by atoms with Crippen molar-refractivity contribution in [2.75, 3.05) is 32.5 Å². The number of amides is 2. The summed E-state index contributed by atoms with van der Waals surface area (Å²) >= 11 is 0. The molecular weight excluding hydrogens is 264 g/mol. The lowest BCUT2D eigenvalue weighted by molar-refractivity contribution is 0.222. The van der Waals surface area contributed by atoms with E-state index in [9.17, 15) is 4.79 Å². The third-order valence-electron chi connectivity index (χ3n) is 3.17. The molecule has 4 N–H and O–H groups in total. The minimum atomic E-state index is -0.185. The molecule has 0 spiro atoms. The molecule has 0 aliphatic heterocycles. The van der Waals surface area contributed by atoms with Crippen LogP contribution in [-0.2, 0) is 0 Å². The number of nitrogens with one attached hydrogen (secondary N) is 2. The van der Waals surface area contributed by atoms with E-state index < -0.39 is 0 Å². The van der Waals surface area contributed by atoms with Crippen LogP contribution in [0.3, 0.4) is 0 Å². The third-order valence-corrected chi connectivity index (χ3v) is 3.17. The number of rotatable bonds is 6. The molecule has 1 aromatic carbocycles. The maximum absolute atomic E-state index is 11.9. The van der Waals surface area contributed by atoms with Crippen molar-refractivity contribution in [3.8, 4) is 0 Å². The van der Waals surface area contributed by atoms with Crippen LogP contribution in [0.4, 0.5) is 10.5 Å². The van der Waals surface area contributed by atoms with E-state index in [-0.39, 0.29) is 17.5 Å². The zero-order chi connectivity index (χ0) is 16.0. The van der Waals surface area contributed by atoms with Gasteiger partial charge in [0.25, 0.3) is 0 Å². The molecule has 0 aliphatic carbocycles. The summed E-state index contributed by atoms with van der Waals surface area (Å²) in [5.74, 6) is 0. The second kappa shape index (κ2) is 7.43. The fourth-order valence-corrected chi connectivity index (χ4v) is 2.28. The topological polar surface area (TPSA) is 70.4 Å². The van der Waals surface area contributed by atoms with E-state index in [2.05, 4.69) is 29.4 Å². The van der Waals surface area contributed by atoms with Gasteiger partial charge in [0.05, 0.1) is 0 Å². The van der Waals surface area contributed by atoms with Gasteiger partial charge in [-0.1, -0.05) is 26.0 Å². The molecule has 21 heavy (non-hydrogen) atoms. The first-order valence-electron chi connectivity index (χ1n) is 7.25. The second-order valence-corrected chi connectivity index (χ2v) is 6.62. The predicted octanol–water partition coefficient (Wildman–Crippen LogP) is 2.42. The Labute approximate surface area is 127 Å². The van der Waals surface area contributed by atoms with Crippen LogP contribution < -0.4 is 16.4 Å². The number of nitrogens with zero attached hydrogens (tertiary/aromatic N) is 1. The van der Waals surface area contributed by atoms with Gasteiger partial charge >= 0.3 is 6.03 Å². The van der Waals surface area contributed by atoms with E-state index in [1.54, 1.807) is 0 Å². The summed E-state index contributed by atoms with van der Waals surface area (Å²) < 4.78 is 0. The van der Waals surface area contributed by atoms with Gasteiger partial charge in [-0.2, -0.15) is 0 Å². The van der Waals surface area contributed by atoms with E-state index in [1.165, 1.54) is 0 Å². The van der Waals surface area contributed by atoms with E-state index in [1.807, 2.05) is 45.3 Å². The number of urea groups is 1. The summed E-state index contributed by atoms with van der Waals surface area (Å²) in [6.45, 7) is 7.72. The third kappa shape index (κ3) is 6.60. The predicted molar refractivity (Wildman–Crippen MR) is 88.4 cm³/mol. The van der Waals surface area contributed by atoms with Crippen LogP contribution in [-0.4, -0.2) is 38.1 Å². The van der Waals surface area contributed by atoms with Crippen molar-refractivity contribution < 1.29 is 4.79 Å². The number of benzene rings is 1. The van der Waals surface area contributed by atoms with Gasteiger partial charge in [-0.3, -0.25) is 0 Å². The monoisotopic (exact) mass is 292 g/mol. The highest BCUT2D eigenvalue weighted by molar-refractivity contribution is 5.89. The Morgan fingerprint density at radius 3 is 2.33 bits per heavy atom. The van der Waals surface area contributed by atoms with Crippen molar-refractivity contribution in [1.29, 1.82) is 0 Å². The van der Waals surface area contributed by atoms with Gasteiger partial charge in [0.1, 0.15) is 0 Å². The zero-order valence-corrected chi connectivity index (χ0v) is 13.7. The largest absolute Gasteiger partial charge is 0.337 e. The molecule has 1 atom stereocenters. The summed E-state index contributed by atoms with van der Waals surface area (Å²) in [5.41, 5.74) is 7.64. The van der Waals surface area contributed by atoms with Gasteiger partial charge in [-0.05, 0) is 44.1 Å². The molecule has 1 unspecified atom stereocenters. The molecule has 118 valence electrons. The Bertz CT molecular complexity index is 452. The fraction of sp³-hybridized carbons (Fsp3) is 0.562. The molecule has 0 heterocycles. The van der Waals surface area contributed by atoms with Gasteiger partial charge < -0.3 is 21.3 Å². The van der Waals surface area contributed by atoms with Crippen molar-refractivity contribution in [1.82, 2.24) is 10.2 Å². The van der Waals surface area contributed by atoms with Crippen LogP contribution in [0.25, 0.3) is 0 Å². The van der Waals surface area contributed by atoms with Crippen LogP contribution in [0, 0.1) is 5.41 Å². The molecule has 0 saturated carbocycles. The van der Waals surface area contributed by atoms with Crippen LogP contribution in [0.5, 0.6) is 0 Å². The van der Waals surface area contributed by atoms with E-state index in [4.69, 9.17) is 5.73 Å². The maximum Gasteiger partial charge on any atom is 0.319 e. The van der Waals surface area contributed by atoms with Crippen LogP contribution in [0.15, 0.2) is 24.3 Å². The Balaban J connectivity index is 2.47. The van der Waals surface area contributed by atoms with Crippen molar-refractivity contribution in [2.45, 2.75) is 26.8 Å². The highest BCUT2D eigenvalue weighted by Gasteiger charge is 2.19. The highest BCUT2D eigenvalue weighted by atomic mass is 16.2. The standard InChI is InChI=1S/C16H28N4O/c1-12(17)13-6-8-14(9-7-13)19-15(21)18-10-16(2,3)11-20(4)5/h6-9,12H,10-11,17H2,1-5H3,(H2,18,19,21). The summed E-state index contributed by atoms with van der Waals surface area (Å²) in [6, 6.07) is 7.40. The Morgan fingerprint density at radius 1 is 1.29 bits per heavy atom. The number of hydrogen-bond acceptors (Lipinski definition) is 3. The normalized spacial score (nSPS) is 13.1. The lowest BCUT2D eigenvalue weighted by Crippen LogP contribution is -2.41. The first kappa shape index (κ1) is 17.5. The van der Waals surface area contributed by atoms with Gasteiger partial charge in [-0.15, -0.1) is 0 Å². The lowest BCUT2D eigenvalue weighted by atomic mass is 9.93. The number of nitrogens with two attached hydrogens (primary N) is 1. The number of carbonyl (C=O) groups excluding carboxylic acids is 1. The van der Waals surface area contributed by atoms with Crippen molar-refractivity contribution in [3.05, 3.63) is 29.8 Å². The quantitative estimate of drug-likeness (QED) is 0.754. The summed E-state index contributed by atoms with van der Waals surface area (Å²) in [6.07, 6.45) is 0. The Morgan fingerprint density at radius 2 is 1.86 bits per heavy atom. The summed E-state index contributed by atoms with van der Waals surface area (Å²) in [7, 11) is 4.06. The molecule has 1 rings (SSSR count). The molecular formula is C16H28N4O. The number of anilines is 1. The van der Waals surface area contributed by atoms with Crippen LogP contribution in [0.1, 0.15) is 32.4 Å². The average Bonchev–Trinajstić information content (AvgIpc) is 2.36. The fourth-order valence-electron chi connectivity index (χ4n) is 2.28. The smallest absolute Gasteiger partial charge is 0.319 e. The first-order valence-corrected chi connectivity index (χ1v) is 7.25. The number of hydrogen-bond donors (Lipinski definition) is 3. The molecule has 0 aliphatic rings. The molecule has 2 amide bonds.